The lowest BCUT2D eigenvalue weighted by Gasteiger charge is -2.16. The van der Waals surface area contributed by atoms with Gasteiger partial charge in [0.05, 0.1) is 0 Å². The fourth-order valence-corrected chi connectivity index (χ4v) is 3.97. The van der Waals surface area contributed by atoms with Crippen LogP contribution < -0.4 is 10.2 Å². The third kappa shape index (κ3) is 3.77. The molecule has 1 unspecified atom stereocenters. The molecule has 1 aromatic heterocycles. The van der Waals surface area contributed by atoms with Crippen LogP contribution >= 0.6 is 11.3 Å². The number of benzene rings is 2. The van der Waals surface area contributed by atoms with Gasteiger partial charge in [-0.2, -0.15) is 0 Å². The summed E-state index contributed by atoms with van der Waals surface area (Å²) in [5.41, 5.74) is 2.30. The summed E-state index contributed by atoms with van der Waals surface area (Å²) in [5.74, 6) is -0.810. The molecule has 1 atom stereocenters. The minimum atomic E-state index is -0.404. The molecule has 0 spiro atoms. The zero-order valence-electron chi connectivity index (χ0n) is 15.1. The number of hydrogen-bond acceptors (Lipinski definition) is 5. The molecule has 4 rings (SSSR count). The van der Waals surface area contributed by atoms with Crippen molar-refractivity contribution in [2.75, 3.05) is 16.8 Å². The summed E-state index contributed by atoms with van der Waals surface area (Å²) in [6, 6.07) is 13.1. The average Bonchev–Trinajstić information content (AvgIpc) is 3.29. The first kappa shape index (κ1) is 18.2. The molecule has 1 fully saturated rings. The highest BCUT2D eigenvalue weighted by Gasteiger charge is 2.34. The van der Waals surface area contributed by atoms with Gasteiger partial charge in [0.1, 0.15) is 10.8 Å². The number of nitrogens with zero attached hydrogens (tertiary/aromatic N) is 3. The van der Waals surface area contributed by atoms with Crippen molar-refractivity contribution in [1.29, 1.82) is 0 Å². The smallest absolute Gasteiger partial charge is 0.257 e. The van der Waals surface area contributed by atoms with Crippen LogP contribution in [0.2, 0.25) is 0 Å². The highest BCUT2D eigenvalue weighted by molar-refractivity contribution is 7.15. The quantitative estimate of drug-likeness (QED) is 0.729. The van der Waals surface area contributed by atoms with Gasteiger partial charge in [0.15, 0.2) is 0 Å². The molecule has 8 heteroatoms. The molecule has 2 amide bonds. The Kier molecular flexibility index (Phi) is 4.87. The summed E-state index contributed by atoms with van der Waals surface area (Å²) < 4.78 is 13.0. The fourth-order valence-electron chi connectivity index (χ4n) is 3.14. The van der Waals surface area contributed by atoms with Crippen LogP contribution in [0, 0.1) is 12.7 Å². The first-order valence-corrected chi connectivity index (χ1v) is 9.58. The molecule has 6 nitrogen and oxygen atoms in total. The van der Waals surface area contributed by atoms with E-state index in [2.05, 4.69) is 15.5 Å². The summed E-state index contributed by atoms with van der Waals surface area (Å²) in [6.07, 6.45) is 0.356. The van der Waals surface area contributed by atoms with Crippen LogP contribution in [0.25, 0.3) is 0 Å². The van der Waals surface area contributed by atoms with Crippen LogP contribution in [0.15, 0.2) is 48.5 Å². The van der Waals surface area contributed by atoms with Gasteiger partial charge < -0.3 is 4.90 Å². The Labute approximate surface area is 165 Å². The number of amides is 2. The lowest BCUT2D eigenvalue weighted by molar-refractivity contribution is -0.117. The van der Waals surface area contributed by atoms with Crippen molar-refractivity contribution < 1.29 is 14.0 Å². The van der Waals surface area contributed by atoms with E-state index >= 15 is 0 Å². The van der Waals surface area contributed by atoms with E-state index in [9.17, 15) is 14.0 Å². The Morgan fingerprint density at radius 1 is 1.21 bits per heavy atom. The van der Waals surface area contributed by atoms with Crippen LogP contribution in [0.4, 0.5) is 15.2 Å². The minimum Gasteiger partial charge on any atom is -0.312 e. The number of carbonyl (C=O) groups is 2. The maximum absolute atomic E-state index is 13.0. The lowest BCUT2D eigenvalue weighted by Crippen LogP contribution is -2.24. The standard InChI is InChI=1S/C20H17FN4O2S/c1-12-3-2-4-16(9-12)25-11-14(10-17(25)26)19-23-24-20(28-19)22-18(27)13-5-7-15(21)8-6-13/h2-9,14H,10-11H2,1H3,(H,22,24,27). The van der Waals surface area contributed by atoms with Gasteiger partial charge in [-0.15, -0.1) is 10.2 Å². The molecule has 142 valence electrons. The van der Waals surface area contributed by atoms with Gasteiger partial charge in [-0.25, -0.2) is 4.39 Å². The van der Waals surface area contributed by atoms with Gasteiger partial charge in [-0.1, -0.05) is 23.5 Å². The average molecular weight is 396 g/mol. The molecule has 1 aliphatic rings. The number of hydrogen-bond donors (Lipinski definition) is 1. The molecule has 0 radical (unpaired) electrons. The van der Waals surface area contributed by atoms with Gasteiger partial charge in [0.25, 0.3) is 5.91 Å². The van der Waals surface area contributed by atoms with Crippen molar-refractivity contribution in [3.63, 3.8) is 0 Å². The number of anilines is 2. The normalized spacial score (nSPS) is 16.4. The molecule has 1 saturated heterocycles. The van der Waals surface area contributed by atoms with Crippen LogP contribution in [0.1, 0.15) is 33.3 Å². The van der Waals surface area contributed by atoms with E-state index in [1.165, 1.54) is 35.6 Å². The van der Waals surface area contributed by atoms with E-state index in [0.29, 0.717) is 28.7 Å². The summed E-state index contributed by atoms with van der Waals surface area (Å²) in [4.78, 5) is 26.4. The van der Waals surface area contributed by atoms with Crippen molar-refractivity contribution in [3.05, 3.63) is 70.5 Å². The van der Waals surface area contributed by atoms with Crippen molar-refractivity contribution in [2.24, 2.45) is 0 Å². The van der Waals surface area contributed by atoms with Crippen LogP contribution in [0.3, 0.4) is 0 Å². The summed E-state index contributed by atoms with van der Waals surface area (Å²) in [5, 5.41) is 11.9. The summed E-state index contributed by atoms with van der Waals surface area (Å²) >= 11 is 1.25. The van der Waals surface area contributed by atoms with Gasteiger partial charge in [-0.05, 0) is 48.9 Å². The van der Waals surface area contributed by atoms with E-state index in [-0.39, 0.29) is 17.7 Å². The predicted molar refractivity (Wildman–Crippen MR) is 105 cm³/mol. The number of carbonyl (C=O) groups excluding carboxylic acids is 2. The molecular formula is C20H17FN4O2S. The number of aryl methyl sites for hydroxylation is 1. The van der Waals surface area contributed by atoms with Crippen LogP contribution in [0.5, 0.6) is 0 Å². The fraction of sp³-hybridized carbons (Fsp3) is 0.200. The highest BCUT2D eigenvalue weighted by atomic mass is 32.1. The van der Waals surface area contributed by atoms with Crippen molar-refractivity contribution >= 4 is 34.0 Å². The van der Waals surface area contributed by atoms with E-state index in [0.717, 1.165) is 11.3 Å². The Balaban J connectivity index is 1.45. The third-order valence-corrected chi connectivity index (χ3v) is 5.56. The number of halogens is 1. The molecule has 1 aliphatic heterocycles. The Hall–Kier alpha value is -3.13. The first-order chi connectivity index (χ1) is 13.5. The summed E-state index contributed by atoms with van der Waals surface area (Å²) in [6.45, 7) is 2.52. The second-order valence-corrected chi connectivity index (χ2v) is 7.66. The van der Waals surface area contributed by atoms with Crippen molar-refractivity contribution in [3.8, 4) is 0 Å². The monoisotopic (exact) mass is 396 g/mol. The maximum Gasteiger partial charge on any atom is 0.257 e. The zero-order valence-corrected chi connectivity index (χ0v) is 15.9. The summed E-state index contributed by atoms with van der Waals surface area (Å²) in [7, 11) is 0. The second-order valence-electron chi connectivity index (χ2n) is 6.65. The largest absolute Gasteiger partial charge is 0.312 e. The number of aromatic nitrogens is 2. The van der Waals surface area contributed by atoms with Crippen molar-refractivity contribution in [2.45, 2.75) is 19.3 Å². The van der Waals surface area contributed by atoms with E-state index in [1.54, 1.807) is 4.90 Å². The number of nitrogens with one attached hydrogen (secondary N) is 1. The Bertz CT molecular complexity index is 1030. The van der Waals surface area contributed by atoms with E-state index in [1.807, 2.05) is 31.2 Å². The van der Waals surface area contributed by atoms with Crippen molar-refractivity contribution in [1.82, 2.24) is 10.2 Å². The van der Waals surface area contributed by atoms with Gasteiger partial charge in [0, 0.05) is 30.1 Å². The van der Waals surface area contributed by atoms with E-state index < -0.39 is 5.82 Å². The predicted octanol–water partition coefficient (Wildman–Crippen LogP) is 3.76. The molecule has 0 bridgehead atoms. The first-order valence-electron chi connectivity index (χ1n) is 8.77. The molecule has 2 heterocycles. The van der Waals surface area contributed by atoms with Crippen LogP contribution in [-0.4, -0.2) is 28.6 Å². The zero-order chi connectivity index (χ0) is 19.7. The molecule has 1 N–H and O–H groups in total. The second kappa shape index (κ2) is 7.47. The van der Waals surface area contributed by atoms with Crippen LogP contribution in [-0.2, 0) is 4.79 Å². The molecule has 3 aromatic rings. The Morgan fingerprint density at radius 2 is 2.00 bits per heavy atom. The molecule has 28 heavy (non-hydrogen) atoms. The lowest BCUT2D eigenvalue weighted by atomic mass is 10.1. The topological polar surface area (TPSA) is 75.2 Å². The van der Waals surface area contributed by atoms with Gasteiger partial charge >= 0.3 is 0 Å². The van der Waals surface area contributed by atoms with Gasteiger partial charge in [0.2, 0.25) is 11.0 Å². The molecular weight excluding hydrogens is 379 g/mol. The third-order valence-electron chi connectivity index (χ3n) is 4.56. The maximum atomic E-state index is 13.0. The highest BCUT2D eigenvalue weighted by Crippen LogP contribution is 2.34. The Morgan fingerprint density at radius 3 is 2.75 bits per heavy atom. The minimum absolute atomic E-state index is 0.0442. The number of rotatable bonds is 4. The molecule has 2 aromatic carbocycles. The SMILES string of the molecule is Cc1cccc(N2CC(c3nnc(NC(=O)c4ccc(F)cc4)s3)CC2=O)c1. The molecule has 0 aliphatic carbocycles. The van der Waals surface area contributed by atoms with Gasteiger partial charge in [-0.3, -0.25) is 14.9 Å². The molecule has 0 saturated carbocycles. The van der Waals surface area contributed by atoms with E-state index in [4.69, 9.17) is 0 Å².